The Labute approximate surface area is 134 Å². The second-order valence-electron chi connectivity index (χ2n) is 5.36. The minimum Gasteiger partial charge on any atom is -0.493 e. The first kappa shape index (κ1) is 15.3. The van der Waals surface area contributed by atoms with E-state index >= 15 is 0 Å². The summed E-state index contributed by atoms with van der Waals surface area (Å²) in [6, 6.07) is 12.1. The average molecular weight is 315 g/mol. The molecule has 1 heterocycles. The van der Waals surface area contributed by atoms with Gasteiger partial charge in [-0.2, -0.15) is 0 Å². The monoisotopic (exact) mass is 315 g/mol. The van der Waals surface area contributed by atoms with Gasteiger partial charge in [-0.3, -0.25) is 4.79 Å². The standard InChI is InChI=1S/C18H18FNO3/c19-15-3-1-2-4-17(15)23-12-18(21)20-9-7-13-5-6-16-14(11-13)8-10-22-16/h1-6,11H,7-10,12H2,(H,20,21). The fourth-order valence-electron chi connectivity index (χ4n) is 2.50. The molecule has 5 heteroatoms. The number of hydrogen-bond donors (Lipinski definition) is 1. The zero-order valence-electron chi connectivity index (χ0n) is 12.7. The van der Waals surface area contributed by atoms with Crippen molar-refractivity contribution in [1.29, 1.82) is 0 Å². The molecule has 0 aliphatic carbocycles. The summed E-state index contributed by atoms with van der Waals surface area (Å²) < 4.78 is 24.0. The second-order valence-corrected chi connectivity index (χ2v) is 5.36. The first-order chi connectivity index (χ1) is 11.2. The predicted octanol–water partition coefficient (Wildman–Crippen LogP) is 2.50. The van der Waals surface area contributed by atoms with Crippen molar-refractivity contribution in [2.75, 3.05) is 19.8 Å². The molecule has 2 aromatic rings. The summed E-state index contributed by atoms with van der Waals surface area (Å²) >= 11 is 0. The van der Waals surface area contributed by atoms with Crippen molar-refractivity contribution < 1.29 is 18.7 Å². The van der Waals surface area contributed by atoms with Gasteiger partial charge in [0, 0.05) is 13.0 Å². The van der Waals surface area contributed by atoms with Crippen molar-refractivity contribution in [2.24, 2.45) is 0 Å². The third-order valence-corrected chi connectivity index (χ3v) is 3.69. The van der Waals surface area contributed by atoms with Gasteiger partial charge >= 0.3 is 0 Å². The van der Waals surface area contributed by atoms with Gasteiger partial charge in [-0.15, -0.1) is 0 Å². The lowest BCUT2D eigenvalue weighted by Gasteiger charge is -2.08. The van der Waals surface area contributed by atoms with Crippen LogP contribution in [-0.4, -0.2) is 25.7 Å². The first-order valence-corrected chi connectivity index (χ1v) is 7.61. The van der Waals surface area contributed by atoms with Gasteiger partial charge < -0.3 is 14.8 Å². The summed E-state index contributed by atoms with van der Waals surface area (Å²) in [5.41, 5.74) is 2.38. The Morgan fingerprint density at radius 3 is 3.00 bits per heavy atom. The lowest BCUT2D eigenvalue weighted by molar-refractivity contribution is -0.123. The normalized spacial score (nSPS) is 12.4. The summed E-state index contributed by atoms with van der Waals surface area (Å²) in [7, 11) is 0. The Kier molecular flexibility index (Phi) is 4.76. The molecular formula is C18H18FNO3. The SMILES string of the molecule is O=C(COc1ccccc1F)NCCc1ccc2c(c1)CCO2. The van der Waals surface area contributed by atoms with Crippen LogP contribution in [0.5, 0.6) is 11.5 Å². The smallest absolute Gasteiger partial charge is 0.257 e. The number of para-hydroxylation sites is 1. The zero-order chi connectivity index (χ0) is 16.1. The number of ether oxygens (including phenoxy) is 2. The number of nitrogens with one attached hydrogen (secondary N) is 1. The van der Waals surface area contributed by atoms with E-state index in [4.69, 9.17) is 9.47 Å². The van der Waals surface area contributed by atoms with Gasteiger partial charge in [0.1, 0.15) is 5.75 Å². The molecule has 3 rings (SSSR count). The largest absolute Gasteiger partial charge is 0.493 e. The summed E-state index contributed by atoms with van der Waals surface area (Å²) in [4.78, 5) is 11.7. The molecule has 23 heavy (non-hydrogen) atoms. The van der Waals surface area contributed by atoms with E-state index in [1.807, 2.05) is 12.1 Å². The van der Waals surface area contributed by atoms with Crippen molar-refractivity contribution in [3.8, 4) is 11.5 Å². The van der Waals surface area contributed by atoms with E-state index in [0.717, 1.165) is 30.8 Å². The first-order valence-electron chi connectivity index (χ1n) is 7.61. The van der Waals surface area contributed by atoms with E-state index < -0.39 is 5.82 Å². The zero-order valence-corrected chi connectivity index (χ0v) is 12.7. The third kappa shape index (κ3) is 4.00. The lowest BCUT2D eigenvalue weighted by atomic mass is 10.1. The number of halogens is 1. The highest BCUT2D eigenvalue weighted by Gasteiger charge is 2.12. The number of rotatable bonds is 6. The molecule has 120 valence electrons. The summed E-state index contributed by atoms with van der Waals surface area (Å²) in [5.74, 6) is 0.302. The molecule has 0 unspecified atom stereocenters. The van der Waals surface area contributed by atoms with Gasteiger partial charge in [-0.25, -0.2) is 4.39 Å². The number of carbonyl (C=O) groups excluding carboxylic acids is 1. The van der Waals surface area contributed by atoms with Crippen LogP contribution in [0.3, 0.4) is 0 Å². The molecule has 0 fully saturated rings. The van der Waals surface area contributed by atoms with Crippen molar-refractivity contribution in [3.05, 3.63) is 59.4 Å². The Bertz CT molecular complexity index is 702. The summed E-state index contributed by atoms with van der Waals surface area (Å²) in [5, 5.41) is 2.77. The molecule has 2 aromatic carbocycles. The Hall–Kier alpha value is -2.56. The maximum Gasteiger partial charge on any atom is 0.257 e. The molecule has 0 atom stereocenters. The van der Waals surface area contributed by atoms with E-state index in [-0.39, 0.29) is 18.3 Å². The molecule has 0 aromatic heterocycles. The second kappa shape index (κ2) is 7.13. The third-order valence-electron chi connectivity index (χ3n) is 3.69. The maximum absolute atomic E-state index is 13.4. The highest BCUT2D eigenvalue weighted by Crippen LogP contribution is 2.25. The van der Waals surface area contributed by atoms with Crippen molar-refractivity contribution in [3.63, 3.8) is 0 Å². The molecule has 0 saturated heterocycles. The molecule has 0 bridgehead atoms. The molecule has 1 N–H and O–H groups in total. The Balaban J connectivity index is 1.42. The van der Waals surface area contributed by atoms with Crippen LogP contribution in [-0.2, 0) is 17.6 Å². The molecular weight excluding hydrogens is 297 g/mol. The van der Waals surface area contributed by atoms with Gasteiger partial charge in [-0.1, -0.05) is 24.3 Å². The number of amides is 1. The minimum atomic E-state index is -0.472. The van der Waals surface area contributed by atoms with E-state index in [0.29, 0.717) is 6.54 Å². The van der Waals surface area contributed by atoms with Crippen molar-refractivity contribution >= 4 is 5.91 Å². The molecule has 0 spiro atoms. The quantitative estimate of drug-likeness (QED) is 0.891. The van der Waals surface area contributed by atoms with Crippen LogP contribution >= 0.6 is 0 Å². The molecule has 0 radical (unpaired) electrons. The van der Waals surface area contributed by atoms with E-state index in [9.17, 15) is 9.18 Å². The fraction of sp³-hybridized carbons (Fsp3) is 0.278. The highest BCUT2D eigenvalue weighted by molar-refractivity contribution is 5.77. The predicted molar refractivity (Wildman–Crippen MR) is 84.2 cm³/mol. The van der Waals surface area contributed by atoms with E-state index in [1.54, 1.807) is 12.1 Å². The highest BCUT2D eigenvalue weighted by atomic mass is 19.1. The van der Waals surface area contributed by atoms with Crippen LogP contribution in [0.2, 0.25) is 0 Å². The Morgan fingerprint density at radius 1 is 1.26 bits per heavy atom. The van der Waals surface area contributed by atoms with Gasteiger partial charge in [0.2, 0.25) is 0 Å². The topological polar surface area (TPSA) is 47.6 Å². The van der Waals surface area contributed by atoms with Crippen LogP contribution in [0.25, 0.3) is 0 Å². The average Bonchev–Trinajstić information content (AvgIpc) is 3.02. The number of hydrogen-bond acceptors (Lipinski definition) is 3. The molecule has 1 amide bonds. The van der Waals surface area contributed by atoms with Crippen LogP contribution in [0.4, 0.5) is 4.39 Å². The molecule has 1 aliphatic heterocycles. The number of fused-ring (bicyclic) bond motifs is 1. The molecule has 4 nitrogen and oxygen atoms in total. The van der Waals surface area contributed by atoms with E-state index in [2.05, 4.69) is 11.4 Å². The number of carbonyl (C=O) groups is 1. The van der Waals surface area contributed by atoms with Gasteiger partial charge in [0.15, 0.2) is 18.2 Å². The van der Waals surface area contributed by atoms with Crippen LogP contribution in [0, 0.1) is 5.82 Å². The van der Waals surface area contributed by atoms with Gasteiger partial charge in [0.25, 0.3) is 5.91 Å². The molecule has 0 saturated carbocycles. The van der Waals surface area contributed by atoms with Crippen molar-refractivity contribution in [2.45, 2.75) is 12.8 Å². The van der Waals surface area contributed by atoms with Gasteiger partial charge in [-0.05, 0) is 35.7 Å². The van der Waals surface area contributed by atoms with Gasteiger partial charge in [0.05, 0.1) is 6.61 Å². The maximum atomic E-state index is 13.4. The van der Waals surface area contributed by atoms with Crippen LogP contribution in [0.1, 0.15) is 11.1 Å². The lowest BCUT2D eigenvalue weighted by Crippen LogP contribution is -2.30. The van der Waals surface area contributed by atoms with Crippen molar-refractivity contribution in [1.82, 2.24) is 5.32 Å². The fourth-order valence-corrected chi connectivity index (χ4v) is 2.50. The van der Waals surface area contributed by atoms with E-state index in [1.165, 1.54) is 17.7 Å². The summed E-state index contributed by atoms with van der Waals surface area (Å²) in [6.07, 6.45) is 1.67. The number of benzene rings is 2. The summed E-state index contributed by atoms with van der Waals surface area (Å²) in [6.45, 7) is 1.06. The van der Waals surface area contributed by atoms with Crippen LogP contribution < -0.4 is 14.8 Å². The minimum absolute atomic E-state index is 0.0845. The Morgan fingerprint density at radius 2 is 2.13 bits per heavy atom. The molecule has 1 aliphatic rings. The van der Waals surface area contributed by atoms with Crippen LogP contribution in [0.15, 0.2) is 42.5 Å².